The monoisotopic (exact) mass is 461 g/mol. The van der Waals surface area contributed by atoms with Crippen molar-refractivity contribution in [2.45, 2.75) is 31.6 Å². The first kappa shape index (κ1) is 22.2. The molecule has 0 aromatic heterocycles. The van der Waals surface area contributed by atoms with Crippen molar-refractivity contribution in [3.05, 3.63) is 35.9 Å². The highest BCUT2D eigenvalue weighted by Gasteiger charge is 2.36. The van der Waals surface area contributed by atoms with Crippen LogP contribution in [0, 0.1) is 5.41 Å². The van der Waals surface area contributed by atoms with Gasteiger partial charge in [0.2, 0.25) is 0 Å². The van der Waals surface area contributed by atoms with E-state index in [0.717, 1.165) is 31.1 Å². The molecular formula is C19H32IN3O2. The van der Waals surface area contributed by atoms with E-state index < -0.39 is 0 Å². The van der Waals surface area contributed by atoms with Crippen LogP contribution in [0.15, 0.2) is 35.3 Å². The van der Waals surface area contributed by atoms with E-state index in [1.54, 1.807) is 14.2 Å². The number of aliphatic hydroxyl groups excluding tert-OH is 1. The molecule has 0 saturated heterocycles. The maximum absolute atomic E-state index is 9.65. The molecule has 2 rings (SSSR count). The van der Waals surface area contributed by atoms with Gasteiger partial charge in [-0.3, -0.25) is 4.99 Å². The van der Waals surface area contributed by atoms with Crippen molar-refractivity contribution >= 4 is 29.9 Å². The fourth-order valence-corrected chi connectivity index (χ4v) is 3.24. The Hall–Kier alpha value is -0.860. The van der Waals surface area contributed by atoms with E-state index in [0.29, 0.717) is 12.0 Å². The summed E-state index contributed by atoms with van der Waals surface area (Å²) >= 11 is 0. The summed E-state index contributed by atoms with van der Waals surface area (Å²) in [6.45, 7) is 2.51. The number of nitrogens with one attached hydrogen (secondary N) is 2. The summed E-state index contributed by atoms with van der Waals surface area (Å²) in [6, 6.07) is 10.1. The SMILES string of the molecule is CN=C(NCC(CO)c1ccccc1)NCC1(CCOC)CCC1.I. The summed E-state index contributed by atoms with van der Waals surface area (Å²) in [5, 5.41) is 16.5. The molecule has 1 fully saturated rings. The van der Waals surface area contributed by atoms with Crippen LogP contribution in [0.25, 0.3) is 0 Å². The highest BCUT2D eigenvalue weighted by atomic mass is 127. The van der Waals surface area contributed by atoms with Crippen LogP contribution >= 0.6 is 24.0 Å². The normalized spacial score (nSPS) is 17.2. The Morgan fingerprint density at radius 1 is 1.28 bits per heavy atom. The van der Waals surface area contributed by atoms with E-state index in [4.69, 9.17) is 4.74 Å². The van der Waals surface area contributed by atoms with Crippen molar-refractivity contribution in [1.82, 2.24) is 10.6 Å². The first-order valence-corrected chi connectivity index (χ1v) is 8.82. The first-order valence-electron chi connectivity index (χ1n) is 8.82. The smallest absolute Gasteiger partial charge is 0.191 e. The molecule has 0 bridgehead atoms. The minimum Gasteiger partial charge on any atom is -0.396 e. The van der Waals surface area contributed by atoms with Crippen molar-refractivity contribution in [2.24, 2.45) is 10.4 Å². The van der Waals surface area contributed by atoms with Crippen molar-refractivity contribution in [3.63, 3.8) is 0 Å². The molecule has 1 aromatic carbocycles. The summed E-state index contributed by atoms with van der Waals surface area (Å²) in [5.41, 5.74) is 1.49. The lowest BCUT2D eigenvalue weighted by molar-refractivity contribution is 0.0732. The number of benzene rings is 1. The van der Waals surface area contributed by atoms with Crippen LogP contribution in [-0.2, 0) is 4.74 Å². The number of halogens is 1. The number of aliphatic imine (C=N–C) groups is 1. The quantitative estimate of drug-likeness (QED) is 0.301. The zero-order valence-electron chi connectivity index (χ0n) is 15.3. The number of ether oxygens (including phenoxy) is 1. The molecule has 142 valence electrons. The highest BCUT2D eigenvalue weighted by Crippen LogP contribution is 2.43. The molecule has 6 heteroatoms. The molecule has 1 aliphatic carbocycles. The third kappa shape index (κ3) is 6.75. The van der Waals surface area contributed by atoms with Crippen LogP contribution in [0.1, 0.15) is 37.2 Å². The maximum atomic E-state index is 9.65. The van der Waals surface area contributed by atoms with Crippen molar-refractivity contribution in [2.75, 3.05) is 40.5 Å². The summed E-state index contributed by atoms with van der Waals surface area (Å²) < 4.78 is 5.25. The van der Waals surface area contributed by atoms with Gasteiger partial charge in [0.05, 0.1) is 6.61 Å². The van der Waals surface area contributed by atoms with Gasteiger partial charge in [-0.15, -0.1) is 24.0 Å². The van der Waals surface area contributed by atoms with Crippen LogP contribution < -0.4 is 10.6 Å². The van der Waals surface area contributed by atoms with Gasteiger partial charge in [0, 0.05) is 39.8 Å². The minimum absolute atomic E-state index is 0. The molecule has 1 unspecified atom stereocenters. The summed E-state index contributed by atoms with van der Waals surface area (Å²) in [7, 11) is 3.55. The second-order valence-electron chi connectivity index (χ2n) is 6.69. The van der Waals surface area contributed by atoms with E-state index in [1.807, 2.05) is 30.3 Å². The molecule has 0 spiro atoms. The molecule has 0 amide bonds. The van der Waals surface area contributed by atoms with Gasteiger partial charge < -0.3 is 20.5 Å². The third-order valence-electron chi connectivity index (χ3n) is 5.11. The molecular weight excluding hydrogens is 429 g/mol. The molecule has 0 aliphatic heterocycles. The Kier molecular flexibility index (Phi) is 10.4. The molecule has 1 saturated carbocycles. The fourth-order valence-electron chi connectivity index (χ4n) is 3.24. The van der Waals surface area contributed by atoms with Crippen LogP contribution in [0.4, 0.5) is 0 Å². The summed E-state index contributed by atoms with van der Waals surface area (Å²) in [5.74, 6) is 0.865. The summed E-state index contributed by atoms with van der Waals surface area (Å²) in [4.78, 5) is 4.31. The van der Waals surface area contributed by atoms with E-state index in [2.05, 4.69) is 15.6 Å². The first-order chi connectivity index (χ1) is 11.7. The number of guanidine groups is 1. The van der Waals surface area contributed by atoms with Crippen LogP contribution in [0.2, 0.25) is 0 Å². The lowest BCUT2D eigenvalue weighted by atomic mass is 9.67. The molecule has 1 aromatic rings. The number of hydrogen-bond acceptors (Lipinski definition) is 3. The average Bonchev–Trinajstić information content (AvgIpc) is 2.60. The predicted octanol–water partition coefficient (Wildman–Crippen LogP) is 2.75. The van der Waals surface area contributed by atoms with Gasteiger partial charge >= 0.3 is 0 Å². The lowest BCUT2D eigenvalue weighted by Crippen LogP contribution is -2.47. The Morgan fingerprint density at radius 3 is 2.52 bits per heavy atom. The number of nitrogens with zero attached hydrogens (tertiary/aromatic N) is 1. The Morgan fingerprint density at radius 2 is 2.00 bits per heavy atom. The molecule has 5 nitrogen and oxygen atoms in total. The van der Waals surface area contributed by atoms with E-state index in [-0.39, 0.29) is 36.5 Å². The molecule has 0 heterocycles. The number of methoxy groups -OCH3 is 1. The zero-order chi connectivity index (χ0) is 17.3. The molecule has 0 radical (unpaired) electrons. The third-order valence-corrected chi connectivity index (χ3v) is 5.11. The zero-order valence-corrected chi connectivity index (χ0v) is 17.7. The molecule has 1 aliphatic rings. The molecule has 1 atom stereocenters. The van der Waals surface area contributed by atoms with Gasteiger partial charge in [-0.2, -0.15) is 0 Å². The summed E-state index contributed by atoms with van der Waals surface area (Å²) in [6.07, 6.45) is 4.90. The highest BCUT2D eigenvalue weighted by molar-refractivity contribution is 14.0. The van der Waals surface area contributed by atoms with Gasteiger partial charge in [0.15, 0.2) is 5.96 Å². The van der Waals surface area contributed by atoms with Crippen molar-refractivity contribution < 1.29 is 9.84 Å². The average molecular weight is 461 g/mol. The Bertz CT molecular complexity index is 507. The van der Waals surface area contributed by atoms with E-state index in [1.165, 1.54) is 19.3 Å². The Labute approximate surface area is 168 Å². The second kappa shape index (κ2) is 11.7. The largest absolute Gasteiger partial charge is 0.396 e. The fraction of sp³-hybridized carbons (Fsp3) is 0.632. The van der Waals surface area contributed by atoms with Gasteiger partial charge in [-0.05, 0) is 30.2 Å². The molecule has 3 N–H and O–H groups in total. The topological polar surface area (TPSA) is 65.9 Å². The standard InChI is InChI=1S/C19H31N3O2.HI/c1-20-18(22-15-19(9-6-10-19)11-12-24-2)21-13-17(14-23)16-7-4-3-5-8-16;/h3-5,7-8,17,23H,6,9-15H2,1-2H3,(H2,20,21,22);1H. The number of hydrogen-bond donors (Lipinski definition) is 3. The van der Waals surface area contributed by atoms with Crippen LogP contribution in [0.3, 0.4) is 0 Å². The van der Waals surface area contributed by atoms with Crippen molar-refractivity contribution in [1.29, 1.82) is 0 Å². The minimum atomic E-state index is 0. The second-order valence-corrected chi connectivity index (χ2v) is 6.69. The van der Waals surface area contributed by atoms with Crippen molar-refractivity contribution in [3.8, 4) is 0 Å². The lowest BCUT2D eigenvalue weighted by Gasteiger charge is -2.42. The van der Waals surface area contributed by atoms with E-state index >= 15 is 0 Å². The maximum Gasteiger partial charge on any atom is 0.191 e. The van der Waals surface area contributed by atoms with Crippen LogP contribution in [-0.4, -0.2) is 51.5 Å². The number of aliphatic hydroxyl groups is 1. The molecule has 25 heavy (non-hydrogen) atoms. The number of rotatable bonds is 9. The van der Waals surface area contributed by atoms with Gasteiger partial charge in [-0.1, -0.05) is 36.8 Å². The van der Waals surface area contributed by atoms with Gasteiger partial charge in [0.1, 0.15) is 0 Å². The van der Waals surface area contributed by atoms with Gasteiger partial charge in [-0.25, -0.2) is 0 Å². The van der Waals surface area contributed by atoms with Crippen LogP contribution in [0.5, 0.6) is 0 Å². The predicted molar refractivity (Wildman–Crippen MR) is 114 cm³/mol. The van der Waals surface area contributed by atoms with E-state index in [9.17, 15) is 5.11 Å². The Balaban J connectivity index is 0.00000312. The van der Waals surface area contributed by atoms with Gasteiger partial charge in [0.25, 0.3) is 0 Å².